The number of unbranched alkanes of at least 4 members (excludes halogenated alkanes) is 1. The van der Waals surface area contributed by atoms with E-state index in [0.29, 0.717) is 11.4 Å². The van der Waals surface area contributed by atoms with Crippen LogP contribution in [0.1, 0.15) is 25.3 Å². The third-order valence-corrected chi connectivity index (χ3v) is 4.17. The summed E-state index contributed by atoms with van der Waals surface area (Å²) >= 11 is 0. The van der Waals surface area contributed by atoms with Gasteiger partial charge >= 0.3 is 0 Å². The molecule has 6 nitrogen and oxygen atoms in total. The fraction of sp³-hybridized carbons (Fsp3) is 0.238. The van der Waals surface area contributed by atoms with Gasteiger partial charge in [-0.15, -0.1) is 0 Å². The number of aromatic nitrogens is 3. The number of aryl methyl sites for hydroxylation is 1. The van der Waals surface area contributed by atoms with E-state index in [-0.39, 0.29) is 18.0 Å². The maximum absolute atomic E-state index is 12.3. The van der Waals surface area contributed by atoms with Crippen LogP contribution in [0.3, 0.4) is 0 Å². The molecule has 0 aliphatic carbocycles. The van der Waals surface area contributed by atoms with Crippen LogP contribution in [-0.2, 0) is 17.8 Å². The summed E-state index contributed by atoms with van der Waals surface area (Å²) in [6, 6.07) is 14.5. The monoisotopic (exact) mass is 362 g/mol. The Morgan fingerprint density at radius 2 is 1.93 bits per heavy atom. The van der Waals surface area contributed by atoms with Crippen LogP contribution in [0.25, 0.3) is 11.3 Å². The summed E-state index contributed by atoms with van der Waals surface area (Å²) in [5.41, 5.74) is 3.01. The number of carbonyl (C=O) groups excluding carboxylic acids is 1. The Kier molecular flexibility index (Phi) is 6.10. The number of amides is 1. The molecule has 2 aromatic heterocycles. The van der Waals surface area contributed by atoms with E-state index in [9.17, 15) is 9.59 Å². The van der Waals surface area contributed by atoms with E-state index in [0.717, 1.165) is 29.5 Å². The van der Waals surface area contributed by atoms with Gasteiger partial charge in [-0.1, -0.05) is 25.5 Å². The summed E-state index contributed by atoms with van der Waals surface area (Å²) in [6.07, 6.45) is 6.66. The van der Waals surface area contributed by atoms with Gasteiger partial charge in [0, 0.05) is 29.7 Å². The molecule has 0 aliphatic heterocycles. The molecule has 0 atom stereocenters. The van der Waals surface area contributed by atoms with Gasteiger partial charge in [-0.25, -0.2) is 4.68 Å². The molecule has 27 heavy (non-hydrogen) atoms. The van der Waals surface area contributed by atoms with E-state index < -0.39 is 0 Å². The second-order valence-electron chi connectivity index (χ2n) is 6.30. The van der Waals surface area contributed by atoms with E-state index in [1.165, 1.54) is 11.6 Å². The molecule has 0 aliphatic rings. The zero-order chi connectivity index (χ0) is 19.1. The average Bonchev–Trinajstić information content (AvgIpc) is 2.70. The van der Waals surface area contributed by atoms with Gasteiger partial charge in [0.1, 0.15) is 6.54 Å². The Balaban J connectivity index is 1.68. The molecule has 1 aromatic carbocycles. The highest BCUT2D eigenvalue weighted by Crippen LogP contribution is 2.13. The van der Waals surface area contributed by atoms with Crippen molar-refractivity contribution in [3.05, 3.63) is 76.8 Å². The van der Waals surface area contributed by atoms with Crippen LogP contribution in [0.4, 0.5) is 5.69 Å². The zero-order valence-corrected chi connectivity index (χ0v) is 15.3. The van der Waals surface area contributed by atoms with Crippen molar-refractivity contribution in [2.24, 2.45) is 0 Å². The summed E-state index contributed by atoms with van der Waals surface area (Å²) in [4.78, 5) is 28.4. The minimum Gasteiger partial charge on any atom is -0.324 e. The average molecular weight is 362 g/mol. The van der Waals surface area contributed by atoms with Crippen LogP contribution in [0, 0.1) is 0 Å². The quantitative estimate of drug-likeness (QED) is 0.700. The Morgan fingerprint density at radius 1 is 1.11 bits per heavy atom. The molecule has 1 N–H and O–H groups in total. The Bertz CT molecular complexity index is 950. The highest BCUT2D eigenvalue weighted by atomic mass is 16.2. The molecule has 3 aromatic rings. The number of carbonyl (C=O) groups is 1. The van der Waals surface area contributed by atoms with E-state index in [2.05, 4.69) is 22.3 Å². The van der Waals surface area contributed by atoms with Crippen molar-refractivity contribution in [3.63, 3.8) is 0 Å². The summed E-state index contributed by atoms with van der Waals surface area (Å²) in [5, 5.41) is 7.08. The van der Waals surface area contributed by atoms with E-state index in [1.54, 1.807) is 24.5 Å². The van der Waals surface area contributed by atoms with Gasteiger partial charge < -0.3 is 5.32 Å². The smallest absolute Gasteiger partial charge is 0.267 e. The second kappa shape index (κ2) is 8.89. The number of benzene rings is 1. The van der Waals surface area contributed by atoms with Gasteiger partial charge in [0.25, 0.3) is 5.56 Å². The van der Waals surface area contributed by atoms with Gasteiger partial charge in [0.05, 0.1) is 5.69 Å². The molecule has 0 bridgehead atoms. The second-order valence-corrected chi connectivity index (χ2v) is 6.30. The predicted molar refractivity (Wildman–Crippen MR) is 105 cm³/mol. The Labute approximate surface area is 157 Å². The zero-order valence-electron chi connectivity index (χ0n) is 15.3. The van der Waals surface area contributed by atoms with E-state index >= 15 is 0 Å². The number of hydrogen-bond acceptors (Lipinski definition) is 4. The number of pyridine rings is 1. The third-order valence-electron chi connectivity index (χ3n) is 4.17. The van der Waals surface area contributed by atoms with Crippen LogP contribution in [0.15, 0.2) is 65.7 Å². The molecule has 0 unspecified atom stereocenters. The lowest BCUT2D eigenvalue weighted by atomic mass is 10.1. The number of nitrogens with zero attached hydrogens (tertiary/aromatic N) is 3. The molecule has 0 saturated carbocycles. The van der Waals surface area contributed by atoms with Crippen LogP contribution in [-0.4, -0.2) is 20.7 Å². The normalized spacial score (nSPS) is 10.6. The van der Waals surface area contributed by atoms with Crippen molar-refractivity contribution in [2.75, 3.05) is 5.32 Å². The molecular weight excluding hydrogens is 340 g/mol. The molecule has 0 radical (unpaired) electrons. The SMILES string of the molecule is CCCCc1ccc(NC(=O)Cn2nc(-c3cccnc3)ccc2=O)cc1. The molecule has 2 heterocycles. The Hall–Kier alpha value is -3.28. The van der Waals surface area contributed by atoms with Crippen molar-refractivity contribution >= 4 is 11.6 Å². The van der Waals surface area contributed by atoms with Gasteiger partial charge in [0.2, 0.25) is 5.91 Å². The van der Waals surface area contributed by atoms with E-state index in [1.807, 2.05) is 30.3 Å². The first-order valence-corrected chi connectivity index (χ1v) is 9.03. The first-order chi connectivity index (χ1) is 13.2. The molecule has 1 amide bonds. The number of hydrogen-bond donors (Lipinski definition) is 1. The maximum Gasteiger partial charge on any atom is 0.267 e. The fourth-order valence-corrected chi connectivity index (χ4v) is 2.70. The van der Waals surface area contributed by atoms with Gasteiger partial charge in [-0.3, -0.25) is 14.6 Å². The van der Waals surface area contributed by atoms with Gasteiger partial charge in [-0.05, 0) is 48.7 Å². The topological polar surface area (TPSA) is 76.9 Å². The lowest BCUT2D eigenvalue weighted by molar-refractivity contribution is -0.117. The predicted octanol–water partition coefficient (Wildman–Crippen LogP) is 3.29. The number of anilines is 1. The maximum atomic E-state index is 12.3. The summed E-state index contributed by atoms with van der Waals surface area (Å²) in [5.74, 6) is -0.297. The van der Waals surface area contributed by atoms with Crippen molar-refractivity contribution < 1.29 is 4.79 Å². The van der Waals surface area contributed by atoms with E-state index in [4.69, 9.17) is 0 Å². The minimum atomic E-state index is -0.326. The van der Waals surface area contributed by atoms with Crippen LogP contribution < -0.4 is 10.9 Å². The molecule has 0 spiro atoms. The fourth-order valence-electron chi connectivity index (χ4n) is 2.70. The number of nitrogens with one attached hydrogen (secondary N) is 1. The third kappa shape index (κ3) is 5.10. The summed E-state index contributed by atoms with van der Waals surface area (Å²) in [7, 11) is 0. The largest absolute Gasteiger partial charge is 0.324 e. The minimum absolute atomic E-state index is 0.148. The lowest BCUT2D eigenvalue weighted by Crippen LogP contribution is -2.29. The molecular formula is C21H22N4O2. The van der Waals surface area contributed by atoms with Crippen molar-refractivity contribution in [3.8, 4) is 11.3 Å². The van der Waals surface area contributed by atoms with Crippen LogP contribution >= 0.6 is 0 Å². The lowest BCUT2D eigenvalue weighted by Gasteiger charge is -2.09. The Morgan fingerprint density at radius 3 is 2.63 bits per heavy atom. The van der Waals surface area contributed by atoms with Crippen molar-refractivity contribution in [1.82, 2.24) is 14.8 Å². The molecule has 0 fully saturated rings. The van der Waals surface area contributed by atoms with Crippen molar-refractivity contribution in [2.45, 2.75) is 32.7 Å². The molecule has 138 valence electrons. The van der Waals surface area contributed by atoms with Crippen LogP contribution in [0.2, 0.25) is 0 Å². The van der Waals surface area contributed by atoms with Crippen molar-refractivity contribution in [1.29, 1.82) is 0 Å². The molecule has 0 saturated heterocycles. The summed E-state index contributed by atoms with van der Waals surface area (Å²) in [6.45, 7) is 2.01. The van der Waals surface area contributed by atoms with Crippen LogP contribution in [0.5, 0.6) is 0 Å². The standard InChI is InChI=1S/C21H22N4O2/c1-2-3-5-16-7-9-18(10-8-16)23-20(26)15-25-21(27)12-11-19(24-25)17-6-4-13-22-14-17/h4,6-14H,2-3,5,15H2,1H3,(H,23,26). The van der Waals surface area contributed by atoms with Gasteiger partial charge in [-0.2, -0.15) is 5.10 Å². The first kappa shape index (κ1) is 18.5. The number of rotatable bonds is 7. The highest BCUT2D eigenvalue weighted by Gasteiger charge is 2.08. The van der Waals surface area contributed by atoms with Gasteiger partial charge in [0.15, 0.2) is 0 Å². The molecule has 6 heteroatoms. The molecule has 3 rings (SSSR count). The highest BCUT2D eigenvalue weighted by molar-refractivity contribution is 5.90. The first-order valence-electron chi connectivity index (χ1n) is 9.03. The summed E-state index contributed by atoms with van der Waals surface area (Å²) < 4.78 is 1.16.